The maximum atomic E-state index is 10.6. The summed E-state index contributed by atoms with van der Waals surface area (Å²) in [4.78, 5) is 26.3. The average Bonchev–Trinajstić information content (AvgIpc) is 2.49. The monoisotopic (exact) mass is 374 g/mol. The minimum atomic E-state index is -0.639. The number of hydrogen-bond donors (Lipinski definition) is 4. The number of aromatic nitrogens is 1. The Labute approximate surface area is 156 Å². The molecule has 1 heterocycles. The number of primary amides is 1. The third-order valence-corrected chi connectivity index (χ3v) is 3.00. The quantitative estimate of drug-likeness (QED) is 0.570. The smallest absolute Gasteiger partial charge is 0.281 e. The Bertz CT molecular complexity index is 460. The molecule has 0 aliphatic carbocycles. The zero-order valence-corrected chi connectivity index (χ0v) is 16.7. The van der Waals surface area contributed by atoms with E-state index in [0.29, 0.717) is 5.82 Å². The van der Waals surface area contributed by atoms with Crippen molar-refractivity contribution in [1.29, 1.82) is 0 Å². The van der Waals surface area contributed by atoms with Gasteiger partial charge in [0.05, 0.1) is 0 Å². The van der Waals surface area contributed by atoms with Crippen LogP contribution in [0, 0.1) is 0 Å². The molecular formula is C16H30N4O2S2. The first kappa shape index (κ1) is 25.0. The van der Waals surface area contributed by atoms with E-state index in [4.69, 9.17) is 4.79 Å². The topological polar surface area (TPSA) is 88.3 Å². The lowest BCUT2D eigenvalue weighted by molar-refractivity contribution is 0.267. The van der Waals surface area contributed by atoms with Crippen LogP contribution in [0.5, 0.6) is 0 Å². The van der Waals surface area contributed by atoms with Gasteiger partial charge < -0.3 is 16.0 Å². The number of nitrogens with one attached hydrogen (secondary N) is 1. The number of anilines is 1. The van der Waals surface area contributed by atoms with Gasteiger partial charge in [0.2, 0.25) is 0 Å². The molecule has 1 aromatic rings. The van der Waals surface area contributed by atoms with Gasteiger partial charge in [-0.15, -0.1) is 0 Å². The Balaban J connectivity index is 0. The molecule has 0 aromatic carbocycles. The second kappa shape index (κ2) is 16.6. The van der Waals surface area contributed by atoms with Crippen molar-refractivity contribution in [1.82, 2.24) is 9.88 Å². The second-order valence-corrected chi connectivity index (χ2v) is 5.50. The van der Waals surface area contributed by atoms with E-state index in [1.165, 1.54) is 19.6 Å². The highest BCUT2D eigenvalue weighted by atomic mass is 32.1. The van der Waals surface area contributed by atoms with Gasteiger partial charge >= 0.3 is 0 Å². The average molecular weight is 375 g/mol. The summed E-state index contributed by atoms with van der Waals surface area (Å²) in [7, 11) is 0. The van der Waals surface area contributed by atoms with Crippen LogP contribution in [0.25, 0.3) is 0 Å². The largest absolute Gasteiger partial charge is 0.361 e. The Kier molecular flexibility index (Phi) is 17.3. The highest BCUT2D eigenvalue weighted by molar-refractivity contribution is 7.97. The Hall–Kier alpha value is -1.25. The van der Waals surface area contributed by atoms with Crippen molar-refractivity contribution in [2.24, 2.45) is 5.73 Å². The lowest BCUT2D eigenvalue weighted by Crippen LogP contribution is -2.21. The lowest BCUT2D eigenvalue weighted by Gasteiger charge is -2.13. The van der Waals surface area contributed by atoms with E-state index in [1.54, 1.807) is 6.07 Å². The number of nitrogens with zero attached hydrogens (tertiary/aromatic N) is 2. The van der Waals surface area contributed by atoms with Crippen molar-refractivity contribution >= 4 is 41.6 Å². The first-order valence-corrected chi connectivity index (χ1v) is 8.86. The number of hydrogen-bond acceptors (Lipinski definition) is 4. The van der Waals surface area contributed by atoms with Crippen LogP contribution in [-0.2, 0) is 6.42 Å². The highest BCUT2D eigenvalue weighted by Crippen LogP contribution is 2.07. The molecule has 1 rings (SSSR count). The highest BCUT2D eigenvalue weighted by Gasteiger charge is 1.98. The molecule has 138 valence electrons. The molecule has 0 spiro atoms. The molecule has 3 N–H and O–H groups in total. The molecular weight excluding hydrogens is 344 g/mol. The summed E-state index contributed by atoms with van der Waals surface area (Å²) in [5.74, 6) is 0.561. The van der Waals surface area contributed by atoms with Crippen LogP contribution in [0.2, 0.25) is 0 Å². The summed E-state index contributed by atoms with van der Waals surface area (Å²) < 4.78 is 0. The van der Waals surface area contributed by atoms with Gasteiger partial charge in [0.15, 0.2) is 0 Å². The molecule has 0 saturated carbocycles. The standard InChI is InChI=1S/C9H12N2OS.C6H15N.CH3NOS/c1-2-4-7-5-3-6-8(10-7)11-9(12)13;1-4-7(5-2)6-3;2-1(3)4/h3,5-6H,2,4H2,1H3,(H2,10,11,12,13);4-6H2,1-3H3;(H3,2,3,4). The Morgan fingerprint density at radius 3 is 1.96 bits per heavy atom. The number of carbonyl (C=O) groups excluding carboxylic acids is 2. The molecule has 0 bridgehead atoms. The van der Waals surface area contributed by atoms with Crippen LogP contribution in [0.15, 0.2) is 18.2 Å². The molecule has 0 aliphatic heterocycles. The van der Waals surface area contributed by atoms with Crippen molar-refractivity contribution in [2.45, 2.75) is 40.5 Å². The number of nitrogens with two attached hydrogens (primary N) is 1. The minimum Gasteiger partial charge on any atom is -0.361 e. The molecule has 2 amide bonds. The van der Waals surface area contributed by atoms with E-state index in [0.717, 1.165) is 18.5 Å². The van der Waals surface area contributed by atoms with Crippen LogP contribution >= 0.6 is 25.3 Å². The van der Waals surface area contributed by atoms with Crippen molar-refractivity contribution in [3.8, 4) is 0 Å². The third kappa shape index (κ3) is 17.1. The number of amides is 2. The zero-order chi connectivity index (χ0) is 19.0. The number of pyridine rings is 1. The van der Waals surface area contributed by atoms with Crippen LogP contribution in [0.1, 0.15) is 39.8 Å². The molecule has 0 aliphatic rings. The third-order valence-electron chi connectivity index (χ3n) is 2.89. The van der Waals surface area contributed by atoms with E-state index in [9.17, 15) is 4.79 Å². The minimum absolute atomic E-state index is 0.388. The summed E-state index contributed by atoms with van der Waals surface area (Å²) >= 11 is 6.71. The predicted octanol–water partition coefficient (Wildman–Crippen LogP) is 3.84. The van der Waals surface area contributed by atoms with Crippen LogP contribution in [-0.4, -0.2) is 40.0 Å². The van der Waals surface area contributed by atoms with Crippen LogP contribution < -0.4 is 11.1 Å². The maximum absolute atomic E-state index is 10.6. The van der Waals surface area contributed by atoms with E-state index >= 15 is 0 Å². The van der Waals surface area contributed by atoms with E-state index in [2.05, 4.69) is 73.9 Å². The zero-order valence-electron chi connectivity index (χ0n) is 15.0. The lowest BCUT2D eigenvalue weighted by atomic mass is 10.2. The summed E-state index contributed by atoms with van der Waals surface area (Å²) in [6, 6.07) is 5.56. The van der Waals surface area contributed by atoms with Gasteiger partial charge in [-0.3, -0.25) is 9.59 Å². The summed E-state index contributed by atoms with van der Waals surface area (Å²) in [6.45, 7) is 12.2. The first-order chi connectivity index (χ1) is 11.3. The van der Waals surface area contributed by atoms with E-state index in [1.807, 2.05) is 12.1 Å². The second-order valence-electron chi connectivity index (χ2n) is 4.65. The van der Waals surface area contributed by atoms with Crippen LogP contribution in [0.3, 0.4) is 0 Å². The Morgan fingerprint density at radius 2 is 1.62 bits per heavy atom. The fraction of sp³-hybridized carbons (Fsp3) is 0.562. The number of carbonyl (C=O) groups is 2. The van der Waals surface area contributed by atoms with Gasteiger partial charge in [0.25, 0.3) is 10.5 Å². The van der Waals surface area contributed by atoms with Gasteiger partial charge in [0, 0.05) is 5.69 Å². The molecule has 0 fully saturated rings. The maximum Gasteiger partial charge on any atom is 0.281 e. The molecule has 0 atom stereocenters. The van der Waals surface area contributed by atoms with Gasteiger partial charge in [-0.2, -0.15) is 0 Å². The molecule has 0 radical (unpaired) electrons. The first-order valence-electron chi connectivity index (χ1n) is 7.97. The van der Waals surface area contributed by atoms with E-state index < -0.39 is 5.24 Å². The van der Waals surface area contributed by atoms with Crippen molar-refractivity contribution in [3.05, 3.63) is 23.9 Å². The fourth-order valence-corrected chi connectivity index (χ4v) is 1.84. The normalized spacial score (nSPS) is 9.29. The Morgan fingerprint density at radius 1 is 1.12 bits per heavy atom. The predicted molar refractivity (Wildman–Crippen MR) is 108 cm³/mol. The van der Waals surface area contributed by atoms with Gasteiger partial charge in [-0.25, -0.2) is 4.98 Å². The van der Waals surface area contributed by atoms with Crippen LogP contribution in [0.4, 0.5) is 15.4 Å². The molecule has 1 aromatic heterocycles. The van der Waals surface area contributed by atoms with Gasteiger partial charge in [-0.1, -0.05) is 65.4 Å². The summed E-state index contributed by atoms with van der Waals surface area (Å²) in [6.07, 6.45) is 1.97. The molecule has 24 heavy (non-hydrogen) atoms. The SMILES string of the molecule is CCCc1cccc(NC(=O)S)n1.CCN(CC)CC.NC(=O)S. The van der Waals surface area contributed by atoms with Crippen molar-refractivity contribution in [3.63, 3.8) is 0 Å². The summed E-state index contributed by atoms with van der Waals surface area (Å²) in [5, 5.41) is 1.49. The summed E-state index contributed by atoms with van der Waals surface area (Å²) in [5.41, 5.74) is 5.32. The van der Waals surface area contributed by atoms with E-state index in [-0.39, 0.29) is 5.24 Å². The molecule has 0 unspecified atom stereocenters. The number of rotatable bonds is 6. The van der Waals surface area contributed by atoms with Crippen molar-refractivity contribution < 1.29 is 9.59 Å². The molecule has 8 heteroatoms. The van der Waals surface area contributed by atoms with Gasteiger partial charge in [0.1, 0.15) is 5.82 Å². The van der Waals surface area contributed by atoms with Crippen molar-refractivity contribution in [2.75, 3.05) is 25.0 Å². The van der Waals surface area contributed by atoms with Gasteiger partial charge in [-0.05, 0) is 38.2 Å². The molecule has 0 saturated heterocycles. The molecule has 6 nitrogen and oxygen atoms in total. The fourth-order valence-electron chi connectivity index (χ4n) is 1.72. The number of thiol groups is 2. The number of aryl methyl sites for hydroxylation is 1.